The number of aromatic hydroxyl groups is 1. The molecule has 1 amide bonds. The van der Waals surface area contributed by atoms with E-state index < -0.39 is 11.7 Å². The third-order valence-corrected chi connectivity index (χ3v) is 2.66. The van der Waals surface area contributed by atoms with Gasteiger partial charge in [0.15, 0.2) is 0 Å². The molecule has 1 aromatic rings. The lowest BCUT2D eigenvalue weighted by Crippen LogP contribution is -2.39. The smallest absolute Gasteiger partial charge is 0.258 e. The number of nitrogens with one attached hydrogen (secondary N) is 1. The molecule has 1 aliphatic carbocycles. The zero-order valence-corrected chi connectivity index (χ0v) is 8.16. The number of amides is 1. The van der Waals surface area contributed by atoms with E-state index in [1.165, 1.54) is 12.1 Å². The largest absolute Gasteiger partial charge is 0.507 e. The number of hydrogen-bond acceptors (Lipinski definition) is 2. The fourth-order valence-electron chi connectivity index (χ4n) is 1.55. The Hall–Kier alpha value is -1.58. The van der Waals surface area contributed by atoms with Crippen LogP contribution in [0, 0.1) is 5.82 Å². The van der Waals surface area contributed by atoms with Gasteiger partial charge in [0.05, 0.1) is 0 Å². The van der Waals surface area contributed by atoms with Crippen molar-refractivity contribution in [2.45, 2.75) is 25.3 Å². The van der Waals surface area contributed by atoms with Gasteiger partial charge in [-0.3, -0.25) is 4.79 Å². The van der Waals surface area contributed by atoms with Crippen LogP contribution in [0.4, 0.5) is 4.39 Å². The minimum atomic E-state index is -0.688. The van der Waals surface area contributed by atoms with Gasteiger partial charge in [0.25, 0.3) is 5.91 Å². The highest BCUT2D eigenvalue weighted by molar-refractivity contribution is 5.97. The van der Waals surface area contributed by atoms with Gasteiger partial charge in [0.2, 0.25) is 0 Å². The molecule has 0 heterocycles. The molecule has 0 bridgehead atoms. The summed E-state index contributed by atoms with van der Waals surface area (Å²) in [7, 11) is 0. The first-order chi connectivity index (χ1) is 7.18. The van der Waals surface area contributed by atoms with Crippen LogP contribution < -0.4 is 5.32 Å². The first kappa shape index (κ1) is 9.96. The van der Waals surface area contributed by atoms with E-state index in [1.807, 2.05) is 0 Å². The van der Waals surface area contributed by atoms with Crippen molar-refractivity contribution >= 4 is 5.91 Å². The number of phenolic OH excluding ortho intramolecular Hbond substituents is 1. The molecule has 0 unspecified atom stereocenters. The van der Waals surface area contributed by atoms with E-state index in [0.717, 1.165) is 25.3 Å². The fraction of sp³-hybridized carbons (Fsp3) is 0.364. The Morgan fingerprint density at radius 2 is 2.20 bits per heavy atom. The van der Waals surface area contributed by atoms with Crippen LogP contribution in [-0.4, -0.2) is 17.1 Å². The predicted molar refractivity (Wildman–Crippen MR) is 53.2 cm³/mol. The summed E-state index contributed by atoms with van der Waals surface area (Å²) in [4.78, 5) is 11.6. The summed E-state index contributed by atoms with van der Waals surface area (Å²) in [5.41, 5.74) is -0.260. The molecule has 4 heteroatoms. The van der Waals surface area contributed by atoms with E-state index in [4.69, 9.17) is 0 Å². The van der Waals surface area contributed by atoms with Gasteiger partial charge in [-0.1, -0.05) is 6.07 Å². The summed E-state index contributed by atoms with van der Waals surface area (Å²) >= 11 is 0. The maximum absolute atomic E-state index is 13.3. The molecule has 0 atom stereocenters. The highest BCUT2D eigenvalue weighted by Crippen LogP contribution is 2.22. The van der Waals surface area contributed by atoms with Crippen molar-refractivity contribution in [1.82, 2.24) is 5.32 Å². The third-order valence-electron chi connectivity index (χ3n) is 2.66. The molecule has 2 rings (SSSR count). The van der Waals surface area contributed by atoms with Crippen LogP contribution >= 0.6 is 0 Å². The van der Waals surface area contributed by atoms with E-state index >= 15 is 0 Å². The Morgan fingerprint density at radius 1 is 1.47 bits per heavy atom. The van der Waals surface area contributed by atoms with Gasteiger partial charge >= 0.3 is 0 Å². The molecule has 2 N–H and O–H groups in total. The Labute approximate surface area is 86.9 Å². The minimum absolute atomic E-state index is 0.136. The Bertz CT molecular complexity index is 368. The van der Waals surface area contributed by atoms with Crippen molar-refractivity contribution < 1.29 is 14.3 Å². The average Bonchev–Trinajstić information content (AvgIpc) is 2.11. The molecule has 0 radical (unpaired) electrons. The molecule has 1 fully saturated rings. The molecule has 0 saturated heterocycles. The second kappa shape index (κ2) is 3.88. The predicted octanol–water partition coefficient (Wildman–Crippen LogP) is 1.81. The number of carbonyl (C=O) groups excluding carboxylic acids is 1. The first-order valence-electron chi connectivity index (χ1n) is 4.97. The molecule has 1 aromatic carbocycles. The molecule has 0 spiro atoms. The van der Waals surface area contributed by atoms with Gasteiger partial charge in [0.1, 0.15) is 17.1 Å². The summed E-state index contributed by atoms with van der Waals surface area (Å²) in [5.74, 6) is -1.53. The van der Waals surface area contributed by atoms with Crippen molar-refractivity contribution in [3.05, 3.63) is 29.6 Å². The Morgan fingerprint density at radius 3 is 2.73 bits per heavy atom. The Kier molecular flexibility index (Phi) is 2.58. The topological polar surface area (TPSA) is 49.3 Å². The molecule has 1 aliphatic rings. The SMILES string of the molecule is O=C(NC1CCC1)c1c(O)cccc1F. The lowest BCUT2D eigenvalue weighted by molar-refractivity contribution is 0.0910. The minimum Gasteiger partial charge on any atom is -0.507 e. The van der Waals surface area contributed by atoms with Gasteiger partial charge in [-0.15, -0.1) is 0 Å². The van der Waals surface area contributed by atoms with Crippen LogP contribution in [0.15, 0.2) is 18.2 Å². The quantitative estimate of drug-likeness (QED) is 0.780. The van der Waals surface area contributed by atoms with Crippen molar-refractivity contribution in [3.8, 4) is 5.75 Å². The zero-order chi connectivity index (χ0) is 10.8. The second-order valence-electron chi connectivity index (χ2n) is 3.74. The summed E-state index contributed by atoms with van der Waals surface area (Å²) in [6.07, 6.45) is 2.95. The van der Waals surface area contributed by atoms with Gasteiger partial charge < -0.3 is 10.4 Å². The fourth-order valence-corrected chi connectivity index (χ4v) is 1.55. The van der Waals surface area contributed by atoms with Crippen LogP contribution in [0.1, 0.15) is 29.6 Å². The summed E-state index contributed by atoms with van der Waals surface area (Å²) < 4.78 is 13.3. The van der Waals surface area contributed by atoms with Crippen molar-refractivity contribution in [2.75, 3.05) is 0 Å². The van der Waals surface area contributed by atoms with Crippen molar-refractivity contribution in [1.29, 1.82) is 0 Å². The lowest BCUT2D eigenvalue weighted by atomic mass is 9.93. The van der Waals surface area contributed by atoms with Crippen LogP contribution in [-0.2, 0) is 0 Å². The number of phenols is 1. The molecule has 80 valence electrons. The second-order valence-corrected chi connectivity index (χ2v) is 3.74. The molecule has 15 heavy (non-hydrogen) atoms. The molecular weight excluding hydrogens is 197 g/mol. The maximum atomic E-state index is 13.3. The van der Waals surface area contributed by atoms with Crippen LogP contribution in [0.2, 0.25) is 0 Å². The summed E-state index contributed by atoms with van der Waals surface area (Å²) in [5, 5.41) is 12.0. The molecule has 3 nitrogen and oxygen atoms in total. The molecule has 1 saturated carbocycles. The van der Waals surface area contributed by atoms with E-state index in [9.17, 15) is 14.3 Å². The first-order valence-corrected chi connectivity index (χ1v) is 4.97. The highest BCUT2D eigenvalue weighted by atomic mass is 19.1. The monoisotopic (exact) mass is 209 g/mol. The lowest BCUT2D eigenvalue weighted by Gasteiger charge is -2.26. The summed E-state index contributed by atoms with van der Waals surface area (Å²) in [6, 6.07) is 3.97. The van der Waals surface area contributed by atoms with Crippen LogP contribution in [0.25, 0.3) is 0 Å². The average molecular weight is 209 g/mol. The maximum Gasteiger partial charge on any atom is 0.258 e. The van der Waals surface area contributed by atoms with Gasteiger partial charge in [0, 0.05) is 6.04 Å². The van der Waals surface area contributed by atoms with Gasteiger partial charge in [-0.05, 0) is 31.4 Å². The van der Waals surface area contributed by atoms with Crippen molar-refractivity contribution in [3.63, 3.8) is 0 Å². The summed E-state index contributed by atoms with van der Waals surface area (Å²) in [6.45, 7) is 0. The number of halogens is 1. The van der Waals surface area contributed by atoms with E-state index in [-0.39, 0.29) is 17.4 Å². The number of rotatable bonds is 2. The van der Waals surface area contributed by atoms with E-state index in [2.05, 4.69) is 5.32 Å². The van der Waals surface area contributed by atoms with Gasteiger partial charge in [-0.25, -0.2) is 4.39 Å². The zero-order valence-electron chi connectivity index (χ0n) is 8.16. The number of carbonyl (C=O) groups is 1. The van der Waals surface area contributed by atoms with Crippen LogP contribution in [0.5, 0.6) is 5.75 Å². The molecule has 0 aromatic heterocycles. The molecule has 0 aliphatic heterocycles. The molecular formula is C11H12FNO2. The third kappa shape index (κ3) is 1.93. The highest BCUT2D eigenvalue weighted by Gasteiger charge is 2.23. The number of benzene rings is 1. The van der Waals surface area contributed by atoms with E-state index in [0.29, 0.717) is 0 Å². The van der Waals surface area contributed by atoms with Crippen LogP contribution in [0.3, 0.4) is 0 Å². The number of hydrogen-bond donors (Lipinski definition) is 2. The Balaban J connectivity index is 2.16. The normalized spacial score (nSPS) is 15.8. The van der Waals surface area contributed by atoms with Crippen molar-refractivity contribution in [2.24, 2.45) is 0 Å². The standard InChI is InChI=1S/C11H12FNO2/c12-8-5-2-6-9(14)10(8)11(15)13-7-3-1-4-7/h2,5-7,14H,1,3-4H2,(H,13,15). The van der Waals surface area contributed by atoms with E-state index in [1.54, 1.807) is 0 Å². The van der Waals surface area contributed by atoms with Gasteiger partial charge in [-0.2, -0.15) is 0 Å².